The van der Waals surface area contributed by atoms with Crippen LogP contribution in [0, 0.1) is 5.95 Å². The monoisotopic (exact) mass is 228 g/mol. The summed E-state index contributed by atoms with van der Waals surface area (Å²) < 4.78 is 12.9. The maximum absolute atomic E-state index is 12.9. The molecule has 2 aromatic rings. The fourth-order valence-electron chi connectivity index (χ4n) is 2.13. The summed E-state index contributed by atoms with van der Waals surface area (Å²) in [5.74, 6) is 0.110. The van der Waals surface area contributed by atoms with Crippen molar-refractivity contribution in [2.45, 2.75) is 18.4 Å². The normalized spacial score (nSPS) is 22.2. The van der Waals surface area contributed by atoms with E-state index >= 15 is 0 Å². The van der Waals surface area contributed by atoms with Gasteiger partial charge >= 0.3 is 0 Å². The number of nitrogens with one attached hydrogen (secondary N) is 1. The summed E-state index contributed by atoms with van der Waals surface area (Å²) in [4.78, 5) is 3.54. The molecule has 1 aromatic heterocycles. The molecule has 1 aromatic carbocycles. The van der Waals surface area contributed by atoms with E-state index in [2.05, 4.69) is 34.6 Å². The zero-order chi connectivity index (χ0) is 11.7. The summed E-state index contributed by atoms with van der Waals surface area (Å²) in [6, 6.07) is 14.0. The maximum atomic E-state index is 12.9. The van der Waals surface area contributed by atoms with Crippen molar-refractivity contribution in [1.29, 1.82) is 0 Å². The van der Waals surface area contributed by atoms with Gasteiger partial charge in [0.2, 0.25) is 5.95 Å². The molecule has 1 saturated carbocycles. The Kier molecular flexibility index (Phi) is 2.52. The average Bonchev–Trinajstić information content (AvgIpc) is 3.10. The number of anilines is 1. The van der Waals surface area contributed by atoms with Gasteiger partial charge in [0.05, 0.1) is 0 Å². The highest BCUT2D eigenvalue weighted by Gasteiger charge is 2.38. The van der Waals surface area contributed by atoms with Crippen LogP contribution in [0.25, 0.3) is 0 Å². The summed E-state index contributed by atoms with van der Waals surface area (Å²) in [6.45, 7) is 0. The van der Waals surface area contributed by atoms with E-state index in [1.807, 2.05) is 6.07 Å². The SMILES string of the molecule is Fc1cc(NC2CC2c2ccccc2)ccn1. The van der Waals surface area contributed by atoms with Crippen LogP contribution in [-0.2, 0) is 0 Å². The van der Waals surface area contributed by atoms with Crippen LogP contribution in [0.5, 0.6) is 0 Å². The molecular weight excluding hydrogens is 215 g/mol. The second-order valence-corrected chi connectivity index (χ2v) is 4.37. The zero-order valence-corrected chi connectivity index (χ0v) is 9.31. The third kappa shape index (κ3) is 2.28. The van der Waals surface area contributed by atoms with Crippen LogP contribution < -0.4 is 5.32 Å². The predicted molar refractivity (Wildman–Crippen MR) is 65.4 cm³/mol. The molecule has 2 nitrogen and oxygen atoms in total. The van der Waals surface area contributed by atoms with Gasteiger partial charge in [-0.1, -0.05) is 30.3 Å². The number of rotatable bonds is 3. The third-order valence-corrected chi connectivity index (χ3v) is 3.10. The van der Waals surface area contributed by atoms with Crippen molar-refractivity contribution in [2.75, 3.05) is 5.32 Å². The molecule has 2 atom stereocenters. The van der Waals surface area contributed by atoms with Crippen LogP contribution in [0.1, 0.15) is 17.9 Å². The molecule has 3 rings (SSSR count). The fourth-order valence-corrected chi connectivity index (χ4v) is 2.13. The van der Waals surface area contributed by atoms with Crippen LogP contribution >= 0.6 is 0 Å². The summed E-state index contributed by atoms with van der Waals surface area (Å²) in [5, 5.41) is 3.33. The molecule has 86 valence electrons. The Balaban J connectivity index is 1.66. The Morgan fingerprint density at radius 3 is 2.76 bits per heavy atom. The molecule has 1 aliphatic rings. The van der Waals surface area contributed by atoms with E-state index in [-0.39, 0.29) is 0 Å². The van der Waals surface area contributed by atoms with Crippen LogP contribution in [0.2, 0.25) is 0 Å². The minimum atomic E-state index is -0.438. The van der Waals surface area contributed by atoms with Gasteiger partial charge in [0.15, 0.2) is 0 Å². The molecule has 17 heavy (non-hydrogen) atoms. The lowest BCUT2D eigenvalue weighted by molar-refractivity contribution is 0.584. The summed E-state index contributed by atoms with van der Waals surface area (Å²) in [7, 11) is 0. The summed E-state index contributed by atoms with van der Waals surface area (Å²) in [6.07, 6.45) is 2.59. The van der Waals surface area contributed by atoms with Gasteiger partial charge in [-0.2, -0.15) is 4.39 Å². The molecule has 3 heteroatoms. The summed E-state index contributed by atoms with van der Waals surface area (Å²) in [5.41, 5.74) is 2.15. The molecule has 1 N–H and O–H groups in total. The van der Waals surface area contributed by atoms with E-state index in [0.29, 0.717) is 12.0 Å². The lowest BCUT2D eigenvalue weighted by Gasteiger charge is -2.05. The standard InChI is InChI=1S/C14H13FN2/c15-14-8-11(6-7-16-14)17-13-9-12(13)10-4-2-1-3-5-10/h1-8,12-13H,9H2,(H,16,17). The number of hydrogen-bond acceptors (Lipinski definition) is 2. The van der Waals surface area contributed by atoms with Crippen molar-refractivity contribution < 1.29 is 4.39 Å². The van der Waals surface area contributed by atoms with E-state index in [1.54, 1.807) is 6.07 Å². The Labute approximate surface area is 99.5 Å². The van der Waals surface area contributed by atoms with Crippen LogP contribution in [0.15, 0.2) is 48.7 Å². The number of nitrogens with zero attached hydrogens (tertiary/aromatic N) is 1. The van der Waals surface area contributed by atoms with Crippen molar-refractivity contribution in [3.63, 3.8) is 0 Å². The van der Waals surface area contributed by atoms with E-state index in [4.69, 9.17) is 0 Å². The molecule has 0 spiro atoms. The Bertz CT molecular complexity index is 513. The Morgan fingerprint density at radius 1 is 1.18 bits per heavy atom. The Morgan fingerprint density at radius 2 is 2.00 bits per heavy atom. The number of pyridine rings is 1. The number of benzene rings is 1. The van der Waals surface area contributed by atoms with Gasteiger partial charge in [-0.25, -0.2) is 4.98 Å². The lowest BCUT2D eigenvalue weighted by atomic mass is 10.1. The molecule has 1 heterocycles. The van der Waals surface area contributed by atoms with Crippen LogP contribution in [0.3, 0.4) is 0 Å². The molecule has 0 amide bonds. The summed E-state index contributed by atoms with van der Waals surface area (Å²) >= 11 is 0. The number of hydrogen-bond donors (Lipinski definition) is 1. The first kappa shape index (κ1) is 10.3. The quantitative estimate of drug-likeness (QED) is 0.816. The molecule has 1 aliphatic carbocycles. The zero-order valence-electron chi connectivity index (χ0n) is 9.31. The van der Waals surface area contributed by atoms with Crippen molar-refractivity contribution in [3.8, 4) is 0 Å². The van der Waals surface area contributed by atoms with Gasteiger partial charge in [0.25, 0.3) is 0 Å². The molecule has 0 aliphatic heterocycles. The van der Waals surface area contributed by atoms with Gasteiger partial charge in [-0.3, -0.25) is 0 Å². The van der Waals surface area contributed by atoms with Gasteiger partial charge < -0.3 is 5.32 Å². The topological polar surface area (TPSA) is 24.9 Å². The van der Waals surface area contributed by atoms with E-state index in [1.165, 1.54) is 17.8 Å². The second kappa shape index (κ2) is 4.17. The molecule has 1 fully saturated rings. The van der Waals surface area contributed by atoms with Crippen molar-refractivity contribution in [3.05, 3.63) is 60.2 Å². The number of aromatic nitrogens is 1. The predicted octanol–water partition coefficient (Wildman–Crippen LogP) is 3.19. The van der Waals surface area contributed by atoms with E-state index in [9.17, 15) is 4.39 Å². The molecule has 0 saturated heterocycles. The molecule has 0 radical (unpaired) electrons. The van der Waals surface area contributed by atoms with Crippen molar-refractivity contribution in [2.24, 2.45) is 0 Å². The second-order valence-electron chi connectivity index (χ2n) is 4.37. The third-order valence-electron chi connectivity index (χ3n) is 3.10. The molecule has 0 bridgehead atoms. The number of halogens is 1. The molecule has 2 unspecified atom stereocenters. The van der Waals surface area contributed by atoms with Crippen molar-refractivity contribution >= 4 is 5.69 Å². The smallest absolute Gasteiger partial charge is 0.214 e. The van der Waals surface area contributed by atoms with Crippen molar-refractivity contribution in [1.82, 2.24) is 4.98 Å². The van der Waals surface area contributed by atoms with E-state index in [0.717, 1.165) is 12.1 Å². The van der Waals surface area contributed by atoms with E-state index < -0.39 is 5.95 Å². The first-order chi connectivity index (χ1) is 8.33. The van der Waals surface area contributed by atoms with Gasteiger partial charge in [-0.05, 0) is 18.1 Å². The van der Waals surface area contributed by atoms with Gasteiger partial charge in [-0.15, -0.1) is 0 Å². The average molecular weight is 228 g/mol. The minimum absolute atomic E-state index is 0.416. The van der Waals surface area contributed by atoms with Crippen LogP contribution in [0.4, 0.5) is 10.1 Å². The largest absolute Gasteiger partial charge is 0.381 e. The maximum Gasteiger partial charge on any atom is 0.214 e. The fraction of sp³-hybridized carbons (Fsp3) is 0.214. The highest BCUT2D eigenvalue weighted by atomic mass is 19.1. The molecular formula is C14H13FN2. The first-order valence-electron chi connectivity index (χ1n) is 5.76. The first-order valence-corrected chi connectivity index (χ1v) is 5.76. The van der Waals surface area contributed by atoms with Gasteiger partial charge in [0.1, 0.15) is 0 Å². The van der Waals surface area contributed by atoms with Crippen LogP contribution in [-0.4, -0.2) is 11.0 Å². The highest BCUT2D eigenvalue weighted by molar-refractivity contribution is 5.46. The highest BCUT2D eigenvalue weighted by Crippen LogP contribution is 2.42. The van der Waals surface area contributed by atoms with Gasteiger partial charge in [0, 0.05) is 29.9 Å². The Hall–Kier alpha value is -1.90. The lowest BCUT2D eigenvalue weighted by Crippen LogP contribution is -2.04. The minimum Gasteiger partial charge on any atom is -0.381 e.